The fourth-order valence-corrected chi connectivity index (χ4v) is 0. The average molecular weight is 224 g/mol. The van der Waals surface area contributed by atoms with E-state index in [0.717, 1.165) is 0 Å². The van der Waals surface area contributed by atoms with Crippen molar-refractivity contribution in [2.24, 2.45) is 0 Å². The van der Waals surface area contributed by atoms with Gasteiger partial charge in [0.1, 0.15) is 0 Å². The Labute approximate surface area is 51.1 Å². The Hall–Kier alpha value is 1.18. The maximum absolute atomic E-state index is 11.4. The van der Waals surface area contributed by atoms with Crippen LogP contribution in [0.3, 0.4) is 0 Å². The summed E-state index contributed by atoms with van der Waals surface area (Å²) >= 11 is 5.63. The lowest BCUT2D eigenvalue weighted by molar-refractivity contribution is 0.853. The van der Waals surface area contributed by atoms with E-state index in [1.54, 1.807) is 22.0 Å². The molecule has 0 aromatic carbocycles. The minimum absolute atomic E-state index is 0.689. The molecule has 0 aliphatic heterocycles. The Kier molecular flexibility index (Phi) is 2.93. The normalized spacial score (nSPS) is 16.8. The van der Waals surface area contributed by atoms with E-state index in [-0.39, 0.29) is 0 Å². The topological polar surface area (TPSA) is 0 Å². The lowest BCUT2D eigenvalue weighted by atomic mass is 11.8. The maximum atomic E-state index is 11.4. The highest BCUT2D eigenvalue weighted by Crippen LogP contribution is 2.22. The van der Waals surface area contributed by atoms with Crippen LogP contribution in [0.25, 0.3) is 0 Å². The van der Waals surface area contributed by atoms with Gasteiger partial charge in [0.25, 0.3) is 0 Å². The van der Waals surface area contributed by atoms with Gasteiger partial charge >= 0.3 is 0 Å². The van der Waals surface area contributed by atoms with Crippen molar-refractivity contribution in [2.75, 3.05) is 0 Å². The van der Waals surface area contributed by atoms with Gasteiger partial charge in [-0.25, -0.2) is 0 Å². The molecule has 0 saturated heterocycles. The van der Waals surface area contributed by atoms with Crippen molar-refractivity contribution in [1.82, 2.24) is 0 Å². The number of hydrogen-bond acceptors (Lipinski definition) is 1. The van der Waals surface area contributed by atoms with Crippen molar-refractivity contribution in [1.29, 1.82) is 1.28 Å². The number of halogens is 2. The standard InChI is InChI=1S/CHFIPS/c2-1(5)4-3/h4H/i4T. The van der Waals surface area contributed by atoms with Crippen LogP contribution in [0.1, 0.15) is 0 Å². The van der Waals surface area contributed by atoms with E-state index < -0.39 is 11.0 Å². The van der Waals surface area contributed by atoms with Gasteiger partial charge < -0.3 is 0 Å². The van der Waals surface area contributed by atoms with Gasteiger partial charge in [-0.2, -0.15) is 4.39 Å². The molecule has 1 unspecified atom stereocenters. The molecule has 0 aromatic rings. The summed E-state index contributed by atoms with van der Waals surface area (Å²) in [7, 11) is 0. The van der Waals surface area contributed by atoms with Crippen LogP contribution >= 0.6 is 40.4 Å². The van der Waals surface area contributed by atoms with Gasteiger partial charge in [-0.05, 0) is 34.3 Å². The van der Waals surface area contributed by atoms with Gasteiger partial charge in [-0.1, -0.05) is 0 Å². The van der Waals surface area contributed by atoms with Crippen LogP contribution in [0.2, 0.25) is 0 Å². The monoisotopic (exact) mass is 224 g/mol. The summed E-state index contributed by atoms with van der Waals surface area (Å²) in [5.41, 5.74) is 0. The summed E-state index contributed by atoms with van der Waals surface area (Å²) in [6.07, 6.45) is -1.37. The molecule has 0 fully saturated rings. The molecule has 5 heavy (non-hydrogen) atoms. The molecule has 0 spiro atoms. The van der Waals surface area contributed by atoms with Crippen LogP contribution in [-0.4, -0.2) is 6.14 Å². The Morgan fingerprint density at radius 2 is 2.60 bits per heavy atom. The molecule has 0 saturated carbocycles. The van der Waals surface area contributed by atoms with E-state index in [9.17, 15) is 4.39 Å². The SMILES string of the molecule is [3H]P(I)C(F)=S. The van der Waals surface area contributed by atoms with Gasteiger partial charge in [0.2, 0.25) is 0 Å². The first-order chi connectivity index (χ1) is 2.64. The number of rotatable bonds is 1. The molecule has 0 aliphatic carbocycles. The first-order valence-electron chi connectivity index (χ1n) is 1.23. The second kappa shape index (κ2) is 3.37. The quantitative estimate of drug-likeness (QED) is 0.285. The first kappa shape index (κ1) is 4.34. The Morgan fingerprint density at radius 1 is 2.40 bits per heavy atom. The molecule has 0 bridgehead atoms. The van der Waals surface area contributed by atoms with Crippen molar-refractivity contribution in [3.8, 4) is 0 Å². The van der Waals surface area contributed by atoms with Crippen LogP contribution in [-0.2, 0) is 0 Å². The summed E-state index contributed by atoms with van der Waals surface area (Å²) in [5.74, 6) is 0. The smallest absolute Gasteiger partial charge is 0.191 e. The highest BCUT2D eigenvalue weighted by molar-refractivity contribution is 14.2. The molecule has 1 atom stereocenters. The second-order valence-corrected chi connectivity index (χ2v) is 3.01. The third-order valence-electron chi connectivity index (χ3n) is 0.0664. The fraction of sp³-hybridized carbons (Fsp3) is 0. The Balaban J connectivity index is 3.26. The van der Waals surface area contributed by atoms with E-state index >= 15 is 0 Å². The zero-order chi connectivity index (χ0) is 5.15. The third-order valence-corrected chi connectivity index (χ3v) is 2.73. The van der Waals surface area contributed by atoms with Crippen LogP contribution in [0.4, 0.5) is 4.39 Å². The molecule has 30 valence electrons. The predicted octanol–water partition coefficient (Wildman–Crippen LogP) is 2.27. The van der Waals surface area contributed by atoms with Gasteiger partial charge in [-0.15, -0.1) is 0 Å². The summed E-state index contributed by atoms with van der Waals surface area (Å²) in [6, 6.07) is 0. The minimum atomic E-state index is -1.37. The highest BCUT2D eigenvalue weighted by atomic mass is 127. The van der Waals surface area contributed by atoms with Crippen molar-refractivity contribution < 1.29 is 4.39 Å². The van der Waals surface area contributed by atoms with Gasteiger partial charge in [0.05, 0.1) is 1.28 Å². The van der Waals surface area contributed by atoms with E-state index in [1.165, 1.54) is 0 Å². The van der Waals surface area contributed by atoms with Crippen LogP contribution in [0.15, 0.2) is 0 Å². The zero-order valence-electron chi connectivity index (χ0n) is 3.11. The molecular formula is CHFIPS. The number of thiocarbonyl (C=S) groups is 1. The highest BCUT2D eigenvalue weighted by Gasteiger charge is 1.79. The van der Waals surface area contributed by atoms with E-state index in [1.807, 2.05) is 0 Å². The molecule has 0 N–H and O–H groups in total. The van der Waals surface area contributed by atoms with E-state index in [4.69, 9.17) is 1.28 Å². The molecule has 0 heterocycles. The zero-order valence-corrected chi connectivity index (χ0v) is 5.98. The third kappa shape index (κ3) is 5.18. The summed E-state index contributed by atoms with van der Waals surface area (Å²) in [5, 5.41) is 0. The van der Waals surface area contributed by atoms with Crippen molar-refractivity contribution in [2.45, 2.75) is 0 Å². The Bertz CT molecular complexity index is 66.6. The van der Waals surface area contributed by atoms with Crippen molar-refractivity contribution >= 4 is 45.3 Å². The van der Waals surface area contributed by atoms with Gasteiger partial charge in [0, 0.05) is 6.17 Å². The van der Waals surface area contributed by atoms with Gasteiger partial charge in [0.15, 0.2) is 4.86 Å². The fourth-order valence-electron chi connectivity index (χ4n) is 0. The second-order valence-electron chi connectivity index (χ2n) is 0.337. The molecule has 0 nitrogen and oxygen atoms in total. The van der Waals surface area contributed by atoms with Crippen LogP contribution < -0.4 is 0 Å². The minimum Gasteiger partial charge on any atom is -0.193 e. The summed E-state index contributed by atoms with van der Waals surface area (Å²) in [4.78, 5) is -0.689. The lowest BCUT2D eigenvalue weighted by Crippen LogP contribution is -1.53. The van der Waals surface area contributed by atoms with E-state index in [2.05, 4.69) is 12.2 Å². The average Bonchev–Trinajstić information content (AvgIpc) is 1.36. The van der Waals surface area contributed by atoms with Crippen LogP contribution in [0.5, 0.6) is 0 Å². The first-order valence-corrected chi connectivity index (χ1v) is 4.87. The van der Waals surface area contributed by atoms with Crippen LogP contribution in [0, 0.1) is 0 Å². The Morgan fingerprint density at radius 3 is 2.60 bits per heavy atom. The molecular weight excluding hydrogens is 221 g/mol. The summed E-state index contributed by atoms with van der Waals surface area (Å²) in [6.45, 7) is 0. The summed E-state index contributed by atoms with van der Waals surface area (Å²) < 4.78 is 18.0. The van der Waals surface area contributed by atoms with E-state index in [0.29, 0.717) is 0 Å². The molecule has 0 aromatic heterocycles. The number of hydrogen-bond donors (Lipinski definition) is 0. The molecule has 0 radical (unpaired) electrons. The van der Waals surface area contributed by atoms with Gasteiger partial charge in [-0.3, -0.25) is 0 Å². The van der Waals surface area contributed by atoms with Crippen molar-refractivity contribution in [3.05, 3.63) is 0 Å². The maximum Gasteiger partial charge on any atom is 0.191 e. The molecule has 0 aliphatic rings. The predicted molar refractivity (Wildman–Crippen MR) is 36.0 cm³/mol. The lowest BCUT2D eigenvalue weighted by Gasteiger charge is -1.69. The molecule has 4 heteroatoms. The molecule has 0 rings (SSSR count). The largest absolute Gasteiger partial charge is 0.193 e. The van der Waals surface area contributed by atoms with Crippen molar-refractivity contribution in [3.63, 3.8) is 0 Å². The molecule has 0 amide bonds.